The number of ether oxygens (including phenoxy) is 1. The highest BCUT2D eigenvalue weighted by atomic mass is 16.5. The van der Waals surface area contributed by atoms with E-state index in [2.05, 4.69) is 11.8 Å². The van der Waals surface area contributed by atoms with E-state index in [0.29, 0.717) is 6.61 Å². The van der Waals surface area contributed by atoms with Crippen molar-refractivity contribution in [3.05, 3.63) is 0 Å². The van der Waals surface area contributed by atoms with Gasteiger partial charge in [-0.25, -0.2) is 0 Å². The summed E-state index contributed by atoms with van der Waals surface area (Å²) in [4.78, 5) is 2.40. The molecule has 1 aliphatic heterocycles. The van der Waals surface area contributed by atoms with Gasteiger partial charge in [0.25, 0.3) is 0 Å². The summed E-state index contributed by atoms with van der Waals surface area (Å²) < 4.78 is 5.45. The Bertz CT molecular complexity index is 262. The molecule has 0 aromatic heterocycles. The summed E-state index contributed by atoms with van der Waals surface area (Å²) in [5.41, 5.74) is 6.35. The minimum atomic E-state index is 0.166. The molecule has 4 heteroatoms. The Kier molecular flexibility index (Phi) is 5.01. The van der Waals surface area contributed by atoms with Gasteiger partial charge in [0.1, 0.15) is 0 Å². The van der Waals surface area contributed by atoms with Gasteiger partial charge >= 0.3 is 0 Å². The van der Waals surface area contributed by atoms with Gasteiger partial charge in [-0.2, -0.15) is 0 Å². The van der Waals surface area contributed by atoms with Crippen LogP contribution in [0.15, 0.2) is 0 Å². The Balaban J connectivity index is 1.99. The fourth-order valence-electron chi connectivity index (χ4n) is 3.66. The summed E-state index contributed by atoms with van der Waals surface area (Å²) in [6, 6.07) is 0.166. The van der Waals surface area contributed by atoms with Gasteiger partial charge in [0.05, 0.1) is 25.9 Å². The van der Waals surface area contributed by atoms with E-state index in [0.717, 1.165) is 32.2 Å². The van der Waals surface area contributed by atoms with Crippen LogP contribution < -0.4 is 5.73 Å². The zero-order valence-corrected chi connectivity index (χ0v) is 11.6. The molecule has 0 radical (unpaired) electrons. The fraction of sp³-hybridized carbons (Fsp3) is 1.00. The molecule has 106 valence electrons. The predicted molar refractivity (Wildman–Crippen MR) is 72.4 cm³/mol. The summed E-state index contributed by atoms with van der Waals surface area (Å²) in [6.45, 7) is 6.71. The Morgan fingerprint density at radius 2 is 2.33 bits per heavy atom. The first-order valence-electron chi connectivity index (χ1n) is 7.32. The summed E-state index contributed by atoms with van der Waals surface area (Å²) in [7, 11) is 0. The van der Waals surface area contributed by atoms with E-state index in [1.165, 1.54) is 25.7 Å². The Labute approximate surface area is 110 Å². The highest BCUT2D eigenvalue weighted by molar-refractivity contribution is 4.91. The normalized spacial score (nSPS) is 38.8. The summed E-state index contributed by atoms with van der Waals surface area (Å²) in [5, 5.41) is 9.45. The highest BCUT2D eigenvalue weighted by Crippen LogP contribution is 2.39. The van der Waals surface area contributed by atoms with Crippen LogP contribution in [0.4, 0.5) is 0 Å². The molecule has 3 unspecified atom stereocenters. The molecule has 0 spiro atoms. The molecule has 2 aliphatic rings. The summed E-state index contributed by atoms with van der Waals surface area (Å²) in [5.74, 6) is 0.788. The van der Waals surface area contributed by atoms with Crippen LogP contribution in [-0.2, 0) is 4.74 Å². The molecule has 1 saturated carbocycles. The lowest BCUT2D eigenvalue weighted by atomic mass is 9.69. The van der Waals surface area contributed by atoms with Crippen molar-refractivity contribution in [1.29, 1.82) is 0 Å². The number of nitrogens with zero attached hydrogens (tertiary/aromatic N) is 1. The number of nitrogens with two attached hydrogens (primary N) is 1. The van der Waals surface area contributed by atoms with Crippen molar-refractivity contribution in [2.75, 3.05) is 39.5 Å². The summed E-state index contributed by atoms with van der Waals surface area (Å²) in [6.07, 6.45) is 5.11. The van der Waals surface area contributed by atoms with Gasteiger partial charge in [0.2, 0.25) is 0 Å². The van der Waals surface area contributed by atoms with E-state index in [1.54, 1.807) is 0 Å². The fourth-order valence-corrected chi connectivity index (χ4v) is 3.66. The van der Waals surface area contributed by atoms with Crippen LogP contribution in [-0.4, -0.2) is 55.5 Å². The van der Waals surface area contributed by atoms with Gasteiger partial charge in [-0.1, -0.05) is 19.8 Å². The minimum Gasteiger partial charge on any atom is -0.395 e. The first-order chi connectivity index (χ1) is 8.69. The van der Waals surface area contributed by atoms with Crippen LogP contribution in [0.1, 0.15) is 32.6 Å². The molecule has 0 aromatic rings. The van der Waals surface area contributed by atoms with E-state index < -0.39 is 0 Å². The standard InChI is InChI=1S/C14H28N2O2/c1-12-3-2-4-14(7-12,10-15)11-16-5-6-18-9-13(16)8-17/h12-13,17H,2-11,15H2,1H3. The van der Waals surface area contributed by atoms with Gasteiger partial charge < -0.3 is 15.6 Å². The topological polar surface area (TPSA) is 58.7 Å². The van der Waals surface area contributed by atoms with Crippen molar-refractivity contribution in [1.82, 2.24) is 4.90 Å². The SMILES string of the molecule is CC1CCCC(CN)(CN2CCOCC2CO)C1. The van der Waals surface area contributed by atoms with Crippen LogP contribution in [0.2, 0.25) is 0 Å². The molecule has 2 fully saturated rings. The average molecular weight is 256 g/mol. The van der Waals surface area contributed by atoms with Crippen molar-refractivity contribution < 1.29 is 9.84 Å². The second-order valence-electron chi connectivity index (χ2n) is 6.29. The van der Waals surface area contributed by atoms with E-state index in [9.17, 15) is 5.11 Å². The smallest absolute Gasteiger partial charge is 0.0644 e. The van der Waals surface area contributed by atoms with E-state index in [-0.39, 0.29) is 18.1 Å². The van der Waals surface area contributed by atoms with Gasteiger partial charge in [-0.3, -0.25) is 4.90 Å². The van der Waals surface area contributed by atoms with Gasteiger partial charge in [0.15, 0.2) is 0 Å². The third-order valence-corrected chi connectivity index (χ3v) is 4.72. The molecule has 0 aromatic carbocycles. The average Bonchev–Trinajstić information content (AvgIpc) is 2.39. The number of morpholine rings is 1. The Hall–Kier alpha value is -0.160. The molecular formula is C14H28N2O2. The zero-order valence-electron chi connectivity index (χ0n) is 11.6. The van der Waals surface area contributed by atoms with Gasteiger partial charge in [0, 0.05) is 13.1 Å². The molecule has 3 N–H and O–H groups in total. The quantitative estimate of drug-likeness (QED) is 0.782. The molecule has 1 heterocycles. The molecule has 0 bridgehead atoms. The summed E-state index contributed by atoms with van der Waals surface area (Å²) >= 11 is 0. The predicted octanol–water partition coefficient (Wildman–Crippen LogP) is 0.835. The first kappa shape index (κ1) is 14.3. The largest absolute Gasteiger partial charge is 0.395 e. The van der Waals surface area contributed by atoms with Gasteiger partial charge in [-0.05, 0) is 30.7 Å². The second-order valence-corrected chi connectivity index (χ2v) is 6.29. The third kappa shape index (κ3) is 3.23. The van der Waals surface area contributed by atoms with Crippen molar-refractivity contribution in [3.8, 4) is 0 Å². The Morgan fingerprint density at radius 1 is 1.50 bits per heavy atom. The number of aliphatic hydroxyl groups is 1. The maximum atomic E-state index is 9.45. The van der Waals surface area contributed by atoms with Crippen molar-refractivity contribution >= 4 is 0 Å². The van der Waals surface area contributed by atoms with Crippen molar-refractivity contribution in [3.63, 3.8) is 0 Å². The maximum Gasteiger partial charge on any atom is 0.0644 e. The van der Waals surface area contributed by atoms with Crippen LogP contribution in [0.25, 0.3) is 0 Å². The minimum absolute atomic E-state index is 0.166. The van der Waals surface area contributed by atoms with E-state index in [1.807, 2.05) is 0 Å². The van der Waals surface area contributed by atoms with Gasteiger partial charge in [-0.15, -0.1) is 0 Å². The number of aliphatic hydroxyl groups excluding tert-OH is 1. The number of hydrogen-bond acceptors (Lipinski definition) is 4. The Morgan fingerprint density at radius 3 is 3.00 bits per heavy atom. The number of hydrogen-bond donors (Lipinski definition) is 2. The van der Waals surface area contributed by atoms with E-state index in [4.69, 9.17) is 10.5 Å². The molecule has 1 aliphatic carbocycles. The van der Waals surface area contributed by atoms with Crippen LogP contribution >= 0.6 is 0 Å². The van der Waals surface area contributed by atoms with Crippen LogP contribution in [0.3, 0.4) is 0 Å². The molecule has 3 atom stereocenters. The molecule has 0 amide bonds. The lowest BCUT2D eigenvalue weighted by Crippen LogP contribution is -2.54. The van der Waals surface area contributed by atoms with Crippen LogP contribution in [0.5, 0.6) is 0 Å². The molecule has 2 rings (SSSR count). The first-order valence-corrected chi connectivity index (χ1v) is 7.32. The van der Waals surface area contributed by atoms with E-state index >= 15 is 0 Å². The molecule has 4 nitrogen and oxygen atoms in total. The van der Waals surface area contributed by atoms with Crippen molar-refractivity contribution in [2.24, 2.45) is 17.1 Å². The zero-order chi connectivity index (χ0) is 13.0. The molecular weight excluding hydrogens is 228 g/mol. The lowest BCUT2D eigenvalue weighted by Gasteiger charge is -2.45. The lowest BCUT2D eigenvalue weighted by molar-refractivity contribution is -0.0510. The molecule has 1 saturated heterocycles. The monoisotopic (exact) mass is 256 g/mol. The maximum absolute atomic E-state index is 9.45. The third-order valence-electron chi connectivity index (χ3n) is 4.72. The molecule has 18 heavy (non-hydrogen) atoms. The second kappa shape index (κ2) is 6.33. The van der Waals surface area contributed by atoms with Crippen LogP contribution in [0, 0.1) is 11.3 Å². The van der Waals surface area contributed by atoms with Crippen molar-refractivity contribution in [2.45, 2.75) is 38.6 Å². The number of rotatable bonds is 4. The highest BCUT2D eigenvalue weighted by Gasteiger charge is 2.37.